The van der Waals surface area contributed by atoms with Crippen LogP contribution in [-0.2, 0) is 13.2 Å². The van der Waals surface area contributed by atoms with E-state index in [2.05, 4.69) is 0 Å². The van der Waals surface area contributed by atoms with Crippen molar-refractivity contribution >= 4 is 22.5 Å². The summed E-state index contributed by atoms with van der Waals surface area (Å²) in [5, 5.41) is 1.32. The minimum absolute atomic E-state index is 0.401. The lowest BCUT2D eigenvalue weighted by atomic mass is 10.1. The highest BCUT2D eigenvalue weighted by molar-refractivity contribution is 6.37. The summed E-state index contributed by atoms with van der Waals surface area (Å²) in [4.78, 5) is 4.91. The first-order chi connectivity index (χ1) is 16.3. The number of pyridine rings is 1. The Morgan fingerprint density at radius 3 is 1.85 bits per heavy atom. The van der Waals surface area contributed by atoms with Gasteiger partial charge in [0, 0.05) is 10.9 Å². The zero-order valence-electron chi connectivity index (χ0n) is 17.9. The van der Waals surface area contributed by atoms with Crippen molar-refractivity contribution in [1.82, 2.24) is 4.98 Å². The lowest BCUT2D eigenvalue weighted by Gasteiger charge is -2.16. The van der Waals surface area contributed by atoms with E-state index in [1.165, 1.54) is 0 Å². The summed E-state index contributed by atoms with van der Waals surface area (Å²) in [5.41, 5.74) is 4.63. The molecule has 1 aromatic heterocycles. The molecule has 0 spiro atoms. The maximum absolute atomic E-state index is 6.93. The van der Waals surface area contributed by atoms with Crippen LogP contribution < -0.4 is 9.47 Å². The first-order valence-corrected chi connectivity index (χ1v) is 11.2. The predicted octanol–water partition coefficient (Wildman–Crippen LogP) is 7.71. The molecule has 3 nitrogen and oxygen atoms in total. The summed E-state index contributed by atoms with van der Waals surface area (Å²) in [7, 11) is 0. The standard InChI is InChI=1S/C29H22ClNO2/c30-27-25-18-24(32-19-21-10-4-1-5-11-21)16-17-26(25)31-28(23-14-8-3-9-15-23)29(27)33-20-22-12-6-2-7-13-22/h1-18H,19-20H2. The van der Waals surface area contributed by atoms with Crippen molar-refractivity contribution in [3.8, 4) is 22.8 Å². The van der Waals surface area contributed by atoms with Crippen LogP contribution in [0.15, 0.2) is 109 Å². The van der Waals surface area contributed by atoms with E-state index >= 15 is 0 Å². The van der Waals surface area contributed by atoms with Crippen molar-refractivity contribution in [3.05, 3.63) is 125 Å². The number of benzene rings is 4. The van der Waals surface area contributed by atoms with Crippen molar-refractivity contribution in [1.29, 1.82) is 0 Å². The lowest BCUT2D eigenvalue weighted by Crippen LogP contribution is -2.01. The molecule has 162 valence electrons. The molecule has 0 N–H and O–H groups in total. The normalized spacial score (nSPS) is 10.8. The summed E-state index contributed by atoms with van der Waals surface area (Å²) >= 11 is 6.93. The number of hydrogen-bond acceptors (Lipinski definition) is 3. The second kappa shape index (κ2) is 9.76. The minimum Gasteiger partial charge on any atom is -0.489 e. The van der Waals surface area contributed by atoms with Crippen LogP contribution in [0, 0.1) is 0 Å². The zero-order valence-corrected chi connectivity index (χ0v) is 18.7. The highest BCUT2D eigenvalue weighted by atomic mass is 35.5. The van der Waals surface area contributed by atoms with Gasteiger partial charge in [-0.2, -0.15) is 0 Å². The minimum atomic E-state index is 0.401. The molecule has 0 saturated carbocycles. The Kier molecular flexibility index (Phi) is 6.23. The van der Waals surface area contributed by atoms with Gasteiger partial charge in [0.2, 0.25) is 0 Å². The summed E-state index contributed by atoms with van der Waals surface area (Å²) in [6.07, 6.45) is 0. The molecule has 0 aliphatic rings. The summed E-state index contributed by atoms with van der Waals surface area (Å²) in [6.45, 7) is 0.884. The van der Waals surface area contributed by atoms with E-state index in [4.69, 9.17) is 26.1 Å². The second-order valence-corrected chi connectivity index (χ2v) is 8.08. The number of aromatic nitrogens is 1. The van der Waals surface area contributed by atoms with E-state index in [-0.39, 0.29) is 0 Å². The third kappa shape index (κ3) is 4.84. The van der Waals surface area contributed by atoms with Gasteiger partial charge in [-0.05, 0) is 29.3 Å². The van der Waals surface area contributed by atoms with Gasteiger partial charge in [-0.1, -0.05) is 103 Å². The van der Waals surface area contributed by atoms with E-state index < -0.39 is 0 Å². The molecule has 0 saturated heterocycles. The topological polar surface area (TPSA) is 31.4 Å². The molecule has 5 aromatic rings. The monoisotopic (exact) mass is 451 g/mol. The smallest absolute Gasteiger partial charge is 0.165 e. The summed E-state index contributed by atoms with van der Waals surface area (Å²) < 4.78 is 12.3. The van der Waals surface area contributed by atoms with Crippen LogP contribution in [0.4, 0.5) is 0 Å². The summed E-state index contributed by atoms with van der Waals surface area (Å²) in [5.74, 6) is 1.30. The molecule has 0 amide bonds. The zero-order chi connectivity index (χ0) is 22.5. The first-order valence-electron chi connectivity index (χ1n) is 10.8. The number of nitrogens with zero attached hydrogens (tertiary/aromatic N) is 1. The molecule has 0 atom stereocenters. The number of halogens is 1. The molecule has 4 aromatic carbocycles. The van der Waals surface area contributed by atoms with Crippen LogP contribution in [-0.4, -0.2) is 4.98 Å². The van der Waals surface area contributed by atoms with Crippen LogP contribution in [0.25, 0.3) is 22.2 Å². The van der Waals surface area contributed by atoms with Gasteiger partial charge in [0.15, 0.2) is 5.75 Å². The average Bonchev–Trinajstić information content (AvgIpc) is 2.88. The van der Waals surface area contributed by atoms with Crippen LogP contribution in [0.5, 0.6) is 11.5 Å². The van der Waals surface area contributed by atoms with E-state index in [0.717, 1.165) is 39.0 Å². The maximum Gasteiger partial charge on any atom is 0.165 e. The highest BCUT2D eigenvalue weighted by Crippen LogP contribution is 2.41. The molecule has 0 fully saturated rings. The second-order valence-electron chi connectivity index (χ2n) is 7.70. The van der Waals surface area contributed by atoms with Gasteiger partial charge in [-0.25, -0.2) is 4.98 Å². The van der Waals surface area contributed by atoms with Crippen molar-refractivity contribution in [2.75, 3.05) is 0 Å². The highest BCUT2D eigenvalue weighted by Gasteiger charge is 2.18. The Morgan fingerprint density at radius 1 is 0.636 bits per heavy atom. The largest absolute Gasteiger partial charge is 0.489 e. The van der Waals surface area contributed by atoms with E-state index in [9.17, 15) is 0 Å². The maximum atomic E-state index is 6.93. The Hall–Kier alpha value is -3.82. The molecule has 0 bridgehead atoms. The van der Waals surface area contributed by atoms with Gasteiger partial charge in [0.1, 0.15) is 24.7 Å². The van der Waals surface area contributed by atoms with Crippen LogP contribution in [0.1, 0.15) is 11.1 Å². The van der Waals surface area contributed by atoms with Crippen molar-refractivity contribution in [2.45, 2.75) is 13.2 Å². The van der Waals surface area contributed by atoms with Gasteiger partial charge in [0.25, 0.3) is 0 Å². The molecule has 5 rings (SSSR count). The van der Waals surface area contributed by atoms with E-state index in [1.54, 1.807) is 0 Å². The molecule has 1 heterocycles. The molecule has 0 aliphatic heterocycles. The van der Waals surface area contributed by atoms with Gasteiger partial charge in [0.05, 0.1) is 10.5 Å². The Labute approximate surface area is 198 Å². The SMILES string of the molecule is Clc1c(OCc2ccccc2)c(-c2ccccc2)nc2ccc(OCc3ccccc3)cc12. The molecule has 0 radical (unpaired) electrons. The summed E-state index contributed by atoms with van der Waals surface area (Å²) in [6, 6.07) is 35.9. The fourth-order valence-corrected chi connectivity index (χ4v) is 3.97. The Morgan fingerprint density at radius 2 is 1.21 bits per heavy atom. The van der Waals surface area contributed by atoms with Crippen molar-refractivity contribution < 1.29 is 9.47 Å². The fraction of sp³-hybridized carbons (Fsp3) is 0.0690. The van der Waals surface area contributed by atoms with Gasteiger partial charge < -0.3 is 9.47 Å². The molecular formula is C29H22ClNO2. The number of hydrogen-bond donors (Lipinski definition) is 0. The van der Waals surface area contributed by atoms with Crippen molar-refractivity contribution in [3.63, 3.8) is 0 Å². The Bertz CT molecular complexity index is 1360. The number of ether oxygens (including phenoxy) is 2. The van der Waals surface area contributed by atoms with Gasteiger partial charge in [-0.15, -0.1) is 0 Å². The molecular weight excluding hydrogens is 430 g/mol. The van der Waals surface area contributed by atoms with E-state index in [0.29, 0.717) is 24.0 Å². The van der Waals surface area contributed by atoms with Gasteiger partial charge >= 0.3 is 0 Å². The Balaban J connectivity index is 1.52. The third-order valence-corrected chi connectivity index (χ3v) is 5.75. The van der Waals surface area contributed by atoms with Crippen LogP contribution >= 0.6 is 11.6 Å². The first kappa shape index (κ1) is 21.0. The predicted molar refractivity (Wildman–Crippen MR) is 134 cm³/mol. The molecule has 4 heteroatoms. The number of rotatable bonds is 7. The van der Waals surface area contributed by atoms with E-state index in [1.807, 2.05) is 109 Å². The van der Waals surface area contributed by atoms with Crippen LogP contribution in [0.3, 0.4) is 0 Å². The lowest BCUT2D eigenvalue weighted by molar-refractivity contribution is 0.305. The van der Waals surface area contributed by atoms with Crippen molar-refractivity contribution in [2.24, 2.45) is 0 Å². The fourth-order valence-electron chi connectivity index (χ4n) is 3.67. The molecule has 0 unspecified atom stereocenters. The number of fused-ring (bicyclic) bond motifs is 1. The molecule has 33 heavy (non-hydrogen) atoms. The average molecular weight is 452 g/mol. The van der Waals surface area contributed by atoms with Gasteiger partial charge in [-0.3, -0.25) is 0 Å². The van der Waals surface area contributed by atoms with Crippen LogP contribution in [0.2, 0.25) is 5.02 Å². The third-order valence-electron chi connectivity index (χ3n) is 5.37. The molecule has 0 aliphatic carbocycles. The quantitative estimate of drug-likeness (QED) is 0.254.